The molecule has 11 aromatic carbocycles. The average molecular weight is 1090 g/mol. The summed E-state index contributed by atoms with van der Waals surface area (Å²) in [7, 11) is 0. The predicted octanol–water partition coefficient (Wildman–Crippen LogP) is 20.2. The SMILES string of the molecule is [2H]c1c([2H])c([2H])c(-c2cc3c4c(c2)N(c2ccc5oc6ccccc6c5c2)c2c(sc5ccc(C(C)(C)C)cc25)B4c2ccc(N(c4ccc(C(C)(C)C)cc4)c4ccccc4-c4ccccc4)cc2N3c2ccc3oc4ccccc4c3c2)c([2H])c1[2H]. The lowest BCUT2D eigenvalue weighted by Gasteiger charge is -2.44. The van der Waals surface area contributed by atoms with Crippen molar-refractivity contribution in [3.05, 3.63) is 254 Å². The lowest BCUT2D eigenvalue weighted by atomic mass is 9.36. The van der Waals surface area contributed by atoms with Crippen LogP contribution in [0.3, 0.4) is 0 Å². The summed E-state index contributed by atoms with van der Waals surface area (Å²) in [6.07, 6.45) is 0. The van der Waals surface area contributed by atoms with Crippen LogP contribution in [0.2, 0.25) is 0 Å². The van der Waals surface area contributed by atoms with E-state index in [2.05, 4.69) is 232 Å². The van der Waals surface area contributed by atoms with Gasteiger partial charge < -0.3 is 23.5 Å². The van der Waals surface area contributed by atoms with Gasteiger partial charge in [-0.05, 0) is 153 Å². The largest absolute Gasteiger partial charge is 0.456 e. The van der Waals surface area contributed by atoms with Crippen molar-refractivity contribution in [1.82, 2.24) is 0 Å². The highest BCUT2D eigenvalue weighted by atomic mass is 32.1. The molecule has 0 saturated carbocycles. The molecule has 0 radical (unpaired) electrons. The third kappa shape index (κ3) is 7.89. The molecule has 5 nitrogen and oxygen atoms in total. The molecule has 16 rings (SSSR count). The standard InChI is InChI=1S/C76H58BN3O2S/c1-75(2,3)50-29-32-52(33-30-50)78(63-26-16-13-23-56(63)48-21-11-8-12-22-48)55-34-37-62-64(46-55)79(53-35-38-69-59(44-53)57-24-14-17-27-67(57)81-69)65-41-49(47-19-9-7-10-20-47)42-66-72(65)77(62)74-73(61-43-51(76(4,5)6)31-40-71(61)83-74)80(66)54-36-39-70-60(45-54)58-25-15-18-28-68(58)82-70/h7-46H,1-6H3/i7D,9D,10D,19D,20D. The second-order valence-corrected chi connectivity index (χ2v) is 25.2. The fourth-order valence-corrected chi connectivity index (χ4v) is 14.2. The maximum absolute atomic E-state index is 9.66. The Morgan fingerprint density at radius 3 is 1.70 bits per heavy atom. The number of nitrogens with zero attached hydrogens (tertiary/aromatic N) is 3. The van der Waals surface area contributed by atoms with Crippen molar-refractivity contribution >= 4 is 139 Å². The molecule has 7 heteroatoms. The summed E-state index contributed by atoms with van der Waals surface area (Å²) in [5.74, 6) is 0. The smallest absolute Gasteiger partial charge is 0.264 e. The van der Waals surface area contributed by atoms with Crippen LogP contribution < -0.4 is 30.4 Å². The lowest BCUT2D eigenvalue weighted by Crippen LogP contribution is -2.60. The molecule has 0 atom stereocenters. The summed E-state index contributed by atoms with van der Waals surface area (Å²) in [4.78, 5) is 7.10. The van der Waals surface area contributed by atoms with Gasteiger partial charge in [-0.15, -0.1) is 11.3 Å². The molecule has 14 aromatic rings. The second-order valence-electron chi connectivity index (χ2n) is 24.1. The average Bonchev–Trinajstić information content (AvgIpc) is 1.21. The van der Waals surface area contributed by atoms with Crippen LogP contribution in [0.4, 0.5) is 51.2 Å². The van der Waals surface area contributed by atoms with Crippen LogP contribution in [0, 0.1) is 0 Å². The number of fused-ring (bicyclic) bond motifs is 12. The maximum atomic E-state index is 9.66. The number of hydrogen-bond donors (Lipinski definition) is 0. The Bertz CT molecular complexity index is 5200. The summed E-state index contributed by atoms with van der Waals surface area (Å²) in [6, 6.07) is 73.4. The zero-order valence-electron chi connectivity index (χ0n) is 51.9. The van der Waals surface area contributed by atoms with E-state index in [4.69, 9.17) is 12.9 Å². The number of thiophene rings is 1. The van der Waals surface area contributed by atoms with Crippen molar-refractivity contribution < 1.29 is 15.7 Å². The van der Waals surface area contributed by atoms with Crippen LogP contribution in [0.15, 0.2) is 251 Å². The zero-order chi connectivity index (χ0) is 60.2. The van der Waals surface area contributed by atoms with Crippen molar-refractivity contribution in [2.45, 2.75) is 52.4 Å². The normalized spacial score (nSPS) is 14.0. The van der Waals surface area contributed by atoms with E-state index in [0.717, 1.165) is 132 Å². The van der Waals surface area contributed by atoms with Crippen molar-refractivity contribution in [2.24, 2.45) is 0 Å². The Balaban J connectivity index is 1.05. The van der Waals surface area contributed by atoms with E-state index in [0.29, 0.717) is 5.56 Å². The van der Waals surface area contributed by atoms with Gasteiger partial charge in [0.25, 0.3) is 6.71 Å². The number of anilines is 9. The van der Waals surface area contributed by atoms with Crippen molar-refractivity contribution in [1.29, 1.82) is 0 Å². The van der Waals surface area contributed by atoms with E-state index in [1.165, 1.54) is 11.1 Å². The molecule has 0 amide bonds. The quantitative estimate of drug-likeness (QED) is 0.149. The zero-order valence-corrected chi connectivity index (χ0v) is 47.7. The second kappa shape index (κ2) is 18.5. The first kappa shape index (κ1) is 44.1. The van der Waals surface area contributed by atoms with Crippen LogP contribution in [0.25, 0.3) is 76.2 Å². The molecule has 0 bridgehead atoms. The van der Waals surface area contributed by atoms with E-state index in [9.17, 15) is 2.74 Å². The summed E-state index contributed by atoms with van der Waals surface area (Å²) in [6.45, 7) is 13.2. The Kier molecular flexibility index (Phi) is 9.83. The molecule has 0 fully saturated rings. The molecule has 0 aliphatic carbocycles. The first-order chi connectivity index (χ1) is 42.5. The van der Waals surface area contributed by atoms with Crippen LogP contribution in [-0.2, 0) is 10.8 Å². The van der Waals surface area contributed by atoms with Crippen LogP contribution in [0.1, 0.15) is 59.5 Å². The molecule has 0 saturated heterocycles. The van der Waals surface area contributed by atoms with E-state index in [1.807, 2.05) is 47.7 Å². The molecular weight excluding hydrogens is 1030 g/mol. The molecule has 0 unspecified atom stereocenters. The van der Waals surface area contributed by atoms with Gasteiger partial charge in [0.2, 0.25) is 0 Å². The highest BCUT2D eigenvalue weighted by Gasteiger charge is 2.46. The number of para-hydroxylation sites is 3. The van der Waals surface area contributed by atoms with Gasteiger partial charge in [-0.1, -0.05) is 181 Å². The number of benzene rings is 11. The molecule has 83 heavy (non-hydrogen) atoms. The van der Waals surface area contributed by atoms with Crippen LogP contribution in [0.5, 0.6) is 0 Å². The van der Waals surface area contributed by atoms with Gasteiger partial charge in [0.1, 0.15) is 22.3 Å². The number of rotatable bonds is 7. The molecule has 0 N–H and O–H groups in total. The lowest BCUT2D eigenvalue weighted by molar-refractivity contribution is 0.590. The summed E-state index contributed by atoms with van der Waals surface area (Å²) >= 11 is 1.82. The van der Waals surface area contributed by atoms with Gasteiger partial charge in [-0.2, -0.15) is 0 Å². The van der Waals surface area contributed by atoms with Crippen molar-refractivity contribution in [3.8, 4) is 22.3 Å². The summed E-state index contributed by atoms with van der Waals surface area (Å²) < 4.78 is 61.7. The fraction of sp³-hybridized carbons (Fsp3) is 0.105. The maximum Gasteiger partial charge on any atom is 0.264 e. The first-order valence-electron chi connectivity index (χ1n) is 30.9. The number of furan rings is 2. The third-order valence-electron chi connectivity index (χ3n) is 17.0. The Morgan fingerprint density at radius 2 is 1.02 bits per heavy atom. The molecule has 2 aliphatic rings. The third-order valence-corrected chi connectivity index (χ3v) is 18.2. The van der Waals surface area contributed by atoms with Crippen LogP contribution in [-0.4, -0.2) is 6.71 Å². The minimum atomic E-state index is -0.445. The van der Waals surface area contributed by atoms with Gasteiger partial charge in [0.05, 0.1) is 18.2 Å². The summed E-state index contributed by atoms with van der Waals surface area (Å²) in [5.41, 5.74) is 18.4. The molecular formula is C76H58BN3O2S. The highest BCUT2D eigenvalue weighted by Crippen LogP contribution is 2.52. The van der Waals surface area contributed by atoms with Gasteiger partial charge in [0.15, 0.2) is 0 Å². The molecule has 0 spiro atoms. The van der Waals surface area contributed by atoms with Gasteiger partial charge in [0, 0.05) is 81.8 Å². The molecule has 2 aliphatic heterocycles. The van der Waals surface area contributed by atoms with E-state index >= 15 is 0 Å². The Hall–Kier alpha value is -9.56. The van der Waals surface area contributed by atoms with Crippen molar-refractivity contribution in [2.75, 3.05) is 14.7 Å². The first-order valence-corrected chi connectivity index (χ1v) is 29.2. The van der Waals surface area contributed by atoms with E-state index in [-0.39, 0.29) is 35.2 Å². The van der Waals surface area contributed by atoms with Gasteiger partial charge in [-0.3, -0.25) is 0 Å². The topological polar surface area (TPSA) is 36.0 Å². The molecule has 398 valence electrons. The monoisotopic (exact) mass is 1090 g/mol. The van der Waals surface area contributed by atoms with Crippen molar-refractivity contribution in [3.63, 3.8) is 0 Å². The minimum Gasteiger partial charge on any atom is -0.456 e. The molecule has 3 aromatic heterocycles. The van der Waals surface area contributed by atoms with Gasteiger partial charge in [-0.25, -0.2) is 0 Å². The fourth-order valence-electron chi connectivity index (χ4n) is 12.9. The minimum absolute atomic E-state index is 0.0744. The van der Waals surface area contributed by atoms with E-state index < -0.39 is 18.1 Å². The number of hydrogen-bond acceptors (Lipinski definition) is 6. The molecule has 5 heterocycles. The van der Waals surface area contributed by atoms with E-state index in [1.54, 1.807) is 0 Å². The summed E-state index contributed by atoms with van der Waals surface area (Å²) in [5, 5.41) is 5.00. The Labute approximate surface area is 495 Å². The predicted molar refractivity (Wildman–Crippen MR) is 353 cm³/mol. The van der Waals surface area contributed by atoms with Crippen LogP contribution >= 0.6 is 11.3 Å². The Morgan fingerprint density at radius 1 is 0.446 bits per heavy atom. The van der Waals surface area contributed by atoms with Gasteiger partial charge >= 0.3 is 0 Å². The highest BCUT2D eigenvalue weighted by molar-refractivity contribution is 7.33.